The lowest BCUT2D eigenvalue weighted by atomic mass is 9.95. The fraction of sp³-hybridized carbons (Fsp3) is 0.500. The SMILES string of the molecule is O=C(O)CCNC(=O)C1CCN(C(=O)CCOc2ccccc2)CC1. The number of ether oxygens (including phenoxy) is 1. The van der Waals surface area contributed by atoms with Gasteiger partial charge in [0.1, 0.15) is 5.75 Å². The van der Waals surface area contributed by atoms with Crippen molar-refractivity contribution < 1.29 is 24.2 Å². The molecule has 7 heteroatoms. The number of para-hydroxylation sites is 1. The average molecular weight is 348 g/mol. The summed E-state index contributed by atoms with van der Waals surface area (Å²) in [5, 5.41) is 11.2. The Morgan fingerprint density at radius 1 is 1.12 bits per heavy atom. The van der Waals surface area contributed by atoms with Crippen LogP contribution in [0.3, 0.4) is 0 Å². The molecule has 1 aliphatic heterocycles. The van der Waals surface area contributed by atoms with Crippen LogP contribution in [0.1, 0.15) is 25.7 Å². The summed E-state index contributed by atoms with van der Waals surface area (Å²) in [5.74, 6) is -0.440. The number of hydrogen-bond donors (Lipinski definition) is 2. The Labute approximate surface area is 147 Å². The number of carbonyl (C=O) groups is 3. The number of likely N-dealkylation sites (tertiary alicyclic amines) is 1. The highest BCUT2D eigenvalue weighted by Crippen LogP contribution is 2.18. The average Bonchev–Trinajstić information content (AvgIpc) is 2.62. The summed E-state index contributed by atoms with van der Waals surface area (Å²) in [6.45, 7) is 1.56. The van der Waals surface area contributed by atoms with E-state index in [-0.39, 0.29) is 30.7 Å². The minimum Gasteiger partial charge on any atom is -0.493 e. The molecule has 0 saturated carbocycles. The Bertz CT molecular complexity index is 582. The van der Waals surface area contributed by atoms with Crippen molar-refractivity contribution in [2.75, 3.05) is 26.2 Å². The van der Waals surface area contributed by atoms with Gasteiger partial charge in [0, 0.05) is 25.6 Å². The van der Waals surface area contributed by atoms with Crippen LogP contribution < -0.4 is 10.1 Å². The number of carboxylic acid groups (broad SMARTS) is 1. The molecule has 1 aliphatic rings. The summed E-state index contributed by atoms with van der Waals surface area (Å²) in [6, 6.07) is 9.35. The molecule has 0 spiro atoms. The van der Waals surface area contributed by atoms with E-state index in [0.717, 1.165) is 5.75 Å². The van der Waals surface area contributed by atoms with Crippen LogP contribution in [0.15, 0.2) is 30.3 Å². The Morgan fingerprint density at radius 3 is 2.44 bits per heavy atom. The van der Waals surface area contributed by atoms with Crippen LogP contribution in [0.5, 0.6) is 5.75 Å². The van der Waals surface area contributed by atoms with Crippen molar-refractivity contribution in [3.8, 4) is 5.75 Å². The van der Waals surface area contributed by atoms with Crippen molar-refractivity contribution in [2.24, 2.45) is 5.92 Å². The first-order valence-electron chi connectivity index (χ1n) is 8.51. The lowest BCUT2D eigenvalue weighted by Crippen LogP contribution is -2.43. The highest BCUT2D eigenvalue weighted by atomic mass is 16.5. The molecule has 0 aliphatic carbocycles. The first kappa shape index (κ1) is 18.8. The molecule has 0 aromatic heterocycles. The van der Waals surface area contributed by atoms with Crippen molar-refractivity contribution in [2.45, 2.75) is 25.7 Å². The van der Waals surface area contributed by atoms with Crippen LogP contribution in [0.4, 0.5) is 0 Å². The molecule has 2 amide bonds. The van der Waals surface area contributed by atoms with Gasteiger partial charge in [-0.1, -0.05) is 18.2 Å². The lowest BCUT2D eigenvalue weighted by Gasteiger charge is -2.31. The van der Waals surface area contributed by atoms with Crippen LogP contribution in [-0.4, -0.2) is 54.0 Å². The van der Waals surface area contributed by atoms with E-state index in [9.17, 15) is 14.4 Å². The van der Waals surface area contributed by atoms with Crippen LogP contribution in [-0.2, 0) is 14.4 Å². The fourth-order valence-electron chi connectivity index (χ4n) is 2.76. The monoisotopic (exact) mass is 348 g/mol. The van der Waals surface area contributed by atoms with Gasteiger partial charge in [-0.2, -0.15) is 0 Å². The summed E-state index contributed by atoms with van der Waals surface area (Å²) in [6.07, 6.45) is 1.43. The predicted octanol–water partition coefficient (Wildman–Crippen LogP) is 1.29. The summed E-state index contributed by atoms with van der Waals surface area (Å²) < 4.78 is 5.53. The molecule has 1 heterocycles. The van der Waals surface area contributed by atoms with Crippen LogP contribution in [0, 0.1) is 5.92 Å². The molecule has 7 nitrogen and oxygen atoms in total. The number of rotatable bonds is 8. The summed E-state index contributed by atoms with van der Waals surface area (Å²) in [5.41, 5.74) is 0. The van der Waals surface area contributed by atoms with Gasteiger partial charge >= 0.3 is 5.97 Å². The van der Waals surface area contributed by atoms with Crippen molar-refractivity contribution in [3.63, 3.8) is 0 Å². The van der Waals surface area contributed by atoms with Gasteiger partial charge in [0.15, 0.2) is 0 Å². The fourth-order valence-corrected chi connectivity index (χ4v) is 2.76. The second-order valence-corrected chi connectivity index (χ2v) is 6.00. The van der Waals surface area contributed by atoms with Crippen molar-refractivity contribution in [1.29, 1.82) is 0 Å². The van der Waals surface area contributed by atoms with Gasteiger partial charge in [0.25, 0.3) is 0 Å². The number of aliphatic carboxylic acids is 1. The first-order valence-corrected chi connectivity index (χ1v) is 8.51. The third-order valence-corrected chi connectivity index (χ3v) is 4.18. The zero-order chi connectivity index (χ0) is 18.1. The summed E-state index contributed by atoms with van der Waals surface area (Å²) in [4.78, 5) is 36.4. The van der Waals surface area contributed by atoms with E-state index in [1.54, 1.807) is 4.90 Å². The van der Waals surface area contributed by atoms with Crippen LogP contribution >= 0.6 is 0 Å². The quantitative estimate of drug-likeness (QED) is 0.738. The maximum atomic E-state index is 12.2. The van der Waals surface area contributed by atoms with E-state index < -0.39 is 5.97 Å². The molecule has 2 N–H and O–H groups in total. The van der Waals surface area contributed by atoms with Crippen LogP contribution in [0.25, 0.3) is 0 Å². The number of benzene rings is 1. The largest absolute Gasteiger partial charge is 0.493 e. The van der Waals surface area contributed by atoms with E-state index in [4.69, 9.17) is 9.84 Å². The standard InChI is InChI=1S/C18H24N2O5/c21-16(9-13-25-15-4-2-1-3-5-15)20-11-7-14(8-12-20)18(24)19-10-6-17(22)23/h1-5,14H,6-13H2,(H,19,24)(H,22,23). The van der Waals surface area contributed by atoms with E-state index in [0.29, 0.717) is 39.0 Å². The molecule has 0 radical (unpaired) electrons. The van der Waals surface area contributed by atoms with Gasteiger partial charge in [-0.15, -0.1) is 0 Å². The minimum atomic E-state index is -0.932. The molecule has 1 aromatic carbocycles. The highest BCUT2D eigenvalue weighted by molar-refractivity contribution is 5.80. The number of hydrogen-bond acceptors (Lipinski definition) is 4. The normalized spacial score (nSPS) is 14.8. The smallest absolute Gasteiger partial charge is 0.305 e. The molecular formula is C18H24N2O5. The molecule has 1 aromatic rings. The zero-order valence-corrected chi connectivity index (χ0v) is 14.1. The Morgan fingerprint density at radius 2 is 1.80 bits per heavy atom. The van der Waals surface area contributed by atoms with E-state index in [2.05, 4.69) is 5.32 Å². The van der Waals surface area contributed by atoms with Gasteiger partial charge in [-0.25, -0.2) is 0 Å². The number of carbonyl (C=O) groups excluding carboxylic acids is 2. The second kappa shape index (κ2) is 9.66. The number of nitrogens with zero attached hydrogens (tertiary/aromatic N) is 1. The van der Waals surface area contributed by atoms with Gasteiger partial charge < -0.3 is 20.1 Å². The predicted molar refractivity (Wildman–Crippen MR) is 91.1 cm³/mol. The van der Waals surface area contributed by atoms with E-state index in [1.165, 1.54) is 0 Å². The molecule has 0 atom stereocenters. The third-order valence-electron chi connectivity index (χ3n) is 4.18. The number of nitrogens with one attached hydrogen (secondary N) is 1. The Balaban J connectivity index is 1.64. The van der Waals surface area contributed by atoms with Gasteiger partial charge in [-0.05, 0) is 25.0 Å². The summed E-state index contributed by atoms with van der Waals surface area (Å²) in [7, 11) is 0. The molecular weight excluding hydrogens is 324 g/mol. The third kappa shape index (κ3) is 6.45. The number of piperidine rings is 1. The minimum absolute atomic E-state index is 0.0284. The molecule has 0 bridgehead atoms. The topological polar surface area (TPSA) is 95.9 Å². The molecule has 1 fully saturated rings. The van der Waals surface area contributed by atoms with Gasteiger partial charge in [0.05, 0.1) is 19.4 Å². The van der Waals surface area contributed by atoms with Crippen LogP contribution in [0.2, 0.25) is 0 Å². The maximum Gasteiger partial charge on any atom is 0.305 e. The van der Waals surface area contributed by atoms with Gasteiger partial charge in [-0.3, -0.25) is 14.4 Å². The molecule has 2 rings (SSSR count). The highest BCUT2D eigenvalue weighted by Gasteiger charge is 2.27. The number of amides is 2. The van der Waals surface area contributed by atoms with Gasteiger partial charge in [0.2, 0.25) is 11.8 Å². The Kier molecular flexibility index (Phi) is 7.25. The summed E-state index contributed by atoms with van der Waals surface area (Å²) >= 11 is 0. The van der Waals surface area contributed by atoms with Crippen molar-refractivity contribution >= 4 is 17.8 Å². The maximum absolute atomic E-state index is 12.2. The Hall–Kier alpha value is -2.57. The number of carboxylic acids is 1. The second-order valence-electron chi connectivity index (χ2n) is 6.00. The lowest BCUT2D eigenvalue weighted by molar-refractivity contribution is -0.138. The molecule has 0 unspecified atom stereocenters. The van der Waals surface area contributed by atoms with E-state index in [1.807, 2.05) is 30.3 Å². The van der Waals surface area contributed by atoms with E-state index >= 15 is 0 Å². The molecule has 1 saturated heterocycles. The molecule has 25 heavy (non-hydrogen) atoms. The zero-order valence-electron chi connectivity index (χ0n) is 14.1. The first-order chi connectivity index (χ1) is 12.1. The van der Waals surface area contributed by atoms with Crippen molar-refractivity contribution in [3.05, 3.63) is 30.3 Å². The van der Waals surface area contributed by atoms with Crippen molar-refractivity contribution in [1.82, 2.24) is 10.2 Å². The molecule has 136 valence electrons.